The van der Waals surface area contributed by atoms with Gasteiger partial charge in [0.15, 0.2) is 0 Å². The first-order chi connectivity index (χ1) is 5.20. The molecular weight excluding hydrogens is 206 g/mol. The van der Waals surface area contributed by atoms with Crippen molar-refractivity contribution in [1.29, 1.82) is 0 Å². The Kier molecular flexibility index (Phi) is 2.67. The van der Waals surface area contributed by atoms with Gasteiger partial charge < -0.3 is 10.3 Å². The maximum Gasteiger partial charge on any atom is 0.109 e. The van der Waals surface area contributed by atoms with Crippen molar-refractivity contribution in [1.82, 2.24) is 9.55 Å². The molecule has 3 nitrogen and oxygen atoms in total. The number of hydrogen-bond donors (Lipinski definition) is 1. The summed E-state index contributed by atoms with van der Waals surface area (Å²) in [5.41, 5.74) is 6.42. The molecule has 11 heavy (non-hydrogen) atoms. The second-order valence-electron chi connectivity index (χ2n) is 2.38. The molecule has 0 fully saturated rings. The zero-order valence-electron chi connectivity index (χ0n) is 6.76. The Morgan fingerprint density at radius 1 is 1.64 bits per heavy atom. The quantitative estimate of drug-likeness (QED) is 0.810. The van der Waals surface area contributed by atoms with Gasteiger partial charge in [-0.05, 0) is 15.9 Å². The van der Waals surface area contributed by atoms with Gasteiger partial charge in [0.05, 0.1) is 5.69 Å². The molecule has 0 spiro atoms. The molecule has 0 aliphatic rings. The number of nitrogens with zero attached hydrogens (tertiary/aromatic N) is 2. The smallest absolute Gasteiger partial charge is 0.109 e. The van der Waals surface area contributed by atoms with Crippen LogP contribution in [0.4, 0.5) is 0 Å². The number of imidazole rings is 1. The van der Waals surface area contributed by atoms with E-state index in [-0.39, 0.29) is 0 Å². The second-order valence-corrected chi connectivity index (χ2v) is 3.13. The first-order valence-corrected chi connectivity index (χ1v) is 4.40. The molecule has 62 valence electrons. The molecule has 0 radical (unpaired) electrons. The molecule has 4 heteroatoms. The second kappa shape index (κ2) is 3.36. The van der Waals surface area contributed by atoms with Crippen molar-refractivity contribution in [3.8, 4) is 0 Å². The molecule has 0 amide bonds. The minimum atomic E-state index is 0.494. The minimum absolute atomic E-state index is 0.494. The summed E-state index contributed by atoms with van der Waals surface area (Å²) in [5, 5.41) is 0. The van der Waals surface area contributed by atoms with E-state index in [1.165, 1.54) is 0 Å². The lowest BCUT2D eigenvalue weighted by Gasteiger charge is -1.96. The molecule has 0 aliphatic carbocycles. The molecule has 0 saturated carbocycles. The van der Waals surface area contributed by atoms with Crippen LogP contribution in [0.3, 0.4) is 0 Å². The van der Waals surface area contributed by atoms with Crippen LogP contribution in [0.1, 0.15) is 18.4 Å². The van der Waals surface area contributed by atoms with E-state index < -0.39 is 0 Å². The molecule has 0 bridgehead atoms. The summed E-state index contributed by atoms with van der Waals surface area (Å²) < 4.78 is 3.01. The van der Waals surface area contributed by atoms with Crippen LogP contribution in [0.5, 0.6) is 0 Å². The molecular formula is C7H12BrN3. The normalized spacial score (nSPS) is 10.5. The molecule has 0 saturated heterocycles. The van der Waals surface area contributed by atoms with Crippen LogP contribution in [0.25, 0.3) is 0 Å². The van der Waals surface area contributed by atoms with Crippen molar-refractivity contribution in [3.05, 3.63) is 16.1 Å². The highest BCUT2D eigenvalue weighted by Gasteiger charge is 2.08. The largest absolute Gasteiger partial charge is 0.326 e. The van der Waals surface area contributed by atoms with E-state index in [1.807, 2.05) is 11.6 Å². The van der Waals surface area contributed by atoms with E-state index in [9.17, 15) is 0 Å². The summed E-state index contributed by atoms with van der Waals surface area (Å²) in [5.74, 6) is 1.07. The van der Waals surface area contributed by atoms with E-state index in [4.69, 9.17) is 5.73 Å². The Morgan fingerprint density at radius 3 is 2.55 bits per heavy atom. The highest BCUT2D eigenvalue weighted by atomic mass is 79.9. The molecule has 0 aliphatic heterocycles. The summed E-state index contributed by atoms with van der Waals surface area (Å²) >= 11 is 3.42. The Bertz CT molecular complexity index is 230. The SMILES string of the molecule is CCc1nc(CN)c(Br)n1C. The van der Waals surface area contributed by atoms with Crippen LogP contribution in [0, 0.1) is 0 Å². The summed E-state index contributed by atoms with van der Waals surface area (Å²) in [4.78, 5) is 4.34. The van der Waals surface area contributed by atoms with E-state index in [2.05, 4.69) is 27.8 Å². The number of rotatable bonds is 2. The minimum Gasteiger partial charge on any atom is -0.326 e. The first kappa shape index (κ1) is 8.74. The molecule has 1 aromatic rings. The number of hydrogen-bond acceptors (Lipinski definition) is 2. The van der Waals surface area contributed by atoms with Crippen LogP contribution in [-0.4, -0.2) is 9.55 Å². The van der Waals surface area contributed by atoms with Gasteiger partial charge in [-0.15, -0.1) is 0 Å². The highest BCUT2D eigenvalue weighted by Crippen LogP contribution is 2.16. The first-order valence-electron chi connectivity index (χ1n) is 3.60. The lowest BCUT2D eigenvalue weighted by Crippen LogP contribution is -1.97. The zero-order valence-corrected chi connectivity index (χ0v) is 8.35. The molecule has 0 aromatic carbocycles. The lowest BCUT2D eigenvalue weighted by molar-refractivity contribution is 0.794. The maximum atomic E-state index is 5.48. The number of aryl methyl sites for hydroxylation is 1. The zero-order chi connectivity index (χ0) is 8.43. The molecule has 2 N–H and O–H groups in total. The van der Waals surface area contributed by atoms with E-state index in [1.54, 1.807) is 0 Å². The van der Waals surface area contributed by atoms with Crippen LogP contribution < -0.4 is 5.73 Å². The monoisotopic (exact) mass is 217 g/mol. The van der Waals surface area contributed by atoms with Crippen molar-refractivity contribution < 1.29 is 0 Å². The Balaban J connectivity index is 3.12. The molecule has 1 aromatic heterocycles. The van der Waals surface area contributed by atoms with Gasteiger partial charge in [-0.25, -0.2) is 4.98 Å². The van der Waals surface area contributed by atoms with Gasteiger partial charge >= 0.3 is 0 Å². The van der Waals surface area contributed by atoms with Crippen LogP contribution in [0.2, 0.25) is 0 Å². The fraction of sp³-hybridized carbons (Fsp3) is 0.571. The van der Waals surface area contributed by atoms with E-state index >= 15 is 0 Å². The van der Waals surface area contributed by atoms with Crippen LogP contribution in [0.15, 0.2) is 4.60 Å². The molecule has 0 atom stereocenters. The fourth-order valence-electron chi connectivity index (χ4n) is 1.03. The molecule has 1 rings (SSSR count). The Hall–Kier alpha value is -0.350. The third-order valence-corrected chi connectivity index (χ3v) is 2.68. The number of nitrogens with two attached hydrogens (primary N) is 1. The van der Waals surface area contributed by atoms with Crippen LogP contribution >= 0.6 is 15.9 Å². The predicted molar refractivity (Wildman–Crippen MR) is 48.2 cm³/mol. The average Bonchev–Trinajstić information content (AvgIpc) is 2.30. The van der Waals surface area contributed by atoms with Gasteiger partial charge in [0, 0.05) is 20.0 Å². The van der Waals surface area contributed by atoms with Crippen molar-refractivity contribution in [2.75, 3.05) is 0 Å². The summed E-state index contributed by atoms with van der Waals surface area (Å²) in [6, 6.07) is 0. The van der Waals surface area contributed by atoms with Crippen molar-refractivity contribution >= 4 is 15.9 Å². The topological polar surface area (TPSA) is 43.8 Å². The molecule has 1 heterocycles. The van der Waals surface area contributed by atoms with Gasteiger partial charge in [-0.2, -0.15) is 0 Å². The third kappa shape index (κ3) is 1.46. The van der Waals surface area contributed by atoms with Crippen molar-refractivity contribution in [2.45, 2.75) is 19.9 Å². The van der Waals surface area contributed by atoms with Gasteiger partial charge in [-0.3, -0.25) is 0 Å². The number of aromatic nitrogens is 2. The average molecular weight is 218 g/mol. The van der Waals surface area contributed by atoms with Crippen molar-refractivity contribution in [2.24, 2.45) is 12.8 Å². The summed E-state index contributed by atoms with van der Waals surface area (Å²) in [6.45, 7) is 2.57. The van der Waals surface area contributed by atoms with E-state index in [0.717, 1.165) is 22.5 Å². The van der Waals surface area contributed by atoms with E-state index in [0.29, 0.717) is 6.54 Å². The van der Waals surface area contributed by atoms with Gasteiger partial charge in [-0.1, -0.05) is 6.92 Å². The van der Waals surface area contributed by atoms with Gasteiger partial charge in [0.1, 0.15) is 10.4 Å². The Labute approximate surface area is 74.7 Å². The lowest BCUT2D eigenvalue weighted by atomic mass is 10.4. The summed E-state index contributed by atoms with van der Waals surface area (Å²) in [7, 11) is 1.98. The van der Waals surface area contributed by atoms with Crippen LogP contribution in [-0.2, 0) is 20.0 Å². The van der Waals surface area contributed by atoms with Gasteiger partial charge in [0.25, 0.3) is 0 Å². The standard InChI is InChI=1S/C7H12BrN3/c1-3-6-10-5(4-9)7(8)11(6)2/h3-4,9H2,1-2H3. The highest BCUT2D eigenvalue weighted by molar-refractivity contribution is 9.10. The molecule has 0 unspecified atom stereocenters. The Morgan fingerprint density at radius 2 is 2.27 bits per heavy atom. The summed E-state index contributed by atoms with van der Waals surface area (Å²) in [6.07, 6.45) is 0.940. The van der Waals surface area contributed by atoms with Gasteiger partial charge in [0.2, 0.25) is 0 Å². The number of halogens is 1. The van der Waals surface area contributed by atoms with Crippen molar-refractivity contribution in [3.63, 3.8) is 0 Å². The predicted octanol–water partition coefficient (Wildman–Crippen LogP) is 1.20. The maximum absolute atomic E-state index is 5.48. The third-order valence-electron chi connectivity index (χ3n) is 1.69. The fourth-order valence-corrected chi connectivity index (χ4v) is 1.49.